The Morgan fingerprint density at radius 1 is 1.11 bits per heavy atom. The Hall–Kier alpha value is -4.18. The molecule has 4 rings (SSSR count). The molecule has 1 aliphatic rings. The van der Waals surface area contributed by atoms with Gasteiger partial charge in [0.25, 0.3) is 5.56 Å². The molecule has 0 aliphatic carbocycles. The maximum Gasteiger partial charge on any atom is 0.338 e. The number of carbonyl (C=O) groups excluding carboxylic acids is 2. The largest absolute Gasteiger partial charge is 0.494 e. The maximum atomic E-state index is 13.7. The fourth-order valence-corrected chi connectivity index (χ4v) is 5.18. The van der Waals surface area contributed by atoms with Crippen molar-refractivity contribution in [3.05, 3.63) is 84.5 Å². The Bertz CT molecular complexity index is 1580. The van der Waals surface area contributed by atoms with Crippen LogP contribution in [0.1, 0.15) is 44.4 Å². The Balaban J connectivity index is 1.86. The van der Waals surface area contributed by atoms with E-state index >= 15 is 0 Å². The second kappa shape index (κ2) is 11.5. The molecular weight excluding hydrogens is 508 g/mol. The van der Waals surface area contributed by atoms with Crippen molar-refractivity contribution in [3.8, 4) is 17.2 Å². The Kier molecular flexibility index (Phi) is 8.11. The number of fused-ring (bicyclic) bond motifs is 1. The van der Waals surface area contributed by atoms with Crippen molar-refractivity contribution in [1.82, 2.24) is 4.57 Å². The zero-order valence-electron chi connectivity index (χ0n) is 21.8. The number of hydrogen-bond donors (Lipinski definition) is 0. The van der Waals surface area contributed by atoms with Crippen molar-refractivity contribution in [2.24, 2.45) is 4.99 Å². The predicted octanol–water partition coefficient (Wildman–Crippen LogP) is 3.13. The third-order valence-electron chi connectivity index (χ3n) is 5.83. The van der Waals surface area contributed by atoms with Crippen LogP contribution in [0.25, 0.3) is 6.08 Å². The van der Waals surface area contributed by atoms with E-state index in [4.69, 9.17) is 18.9 Å². The van der Waals surface area contributed by atoms with Gasteiger partial charge in [0.05, 0.1) is 42.7 Å². The number of allylic oxidation sites excluding steroid dienone is 1. The Morgan fingerprint density at radius 3 is 2.47 bits per heavy atom. The zero-order valence-corrected chi connectivity index (χ0v) is 22.6. The molecule has 2 aromatic carbocycles. The lowest BCUT2D eigenvalue weighted by molar-refractivity contribution is -0.136. The van der Waals surface area contributed by atoms with E-state index in [1.165, 1.54) is 37.0 Å². The standard InChI is InChI=1S/C28H28N2O7S/c1-6-13-36-20-10-7-18(8-11-20)14-23-26(32)30-25(24(27(33)35-5)16(2)29-28(30)38-23)19-9-12-21(37-17(3)31)22(15-19)34-4/h7-12,14-15,25H,6,13H2,1-5H3/b23-14+/t25-/m0/s1. The molecule has 198 valence electrons. The fraction of sp³-hybridized carbons (Fsp3) is 0.286. The molecule has 3 aromatic rings. The number of methoxy groups -OCH3 is 2. The van der Waals surface area contributed by atoms with Crippen LogP contribution in [-0.2, 0) is 14.3 Å². The number of hydrogen-bond acceptors (Lipinski definition) is 9. The molecule has 10 heteroatoms. The number of thiazole rings is 1. The van der Waals surface area contributed by atoms with Crippen LogP contribution >= 0.6 is 11.3 Å². The van der Waals surface area contributed by atoms with Crippen LogP contribution in [0, 0.1) is 0 Å². The third-order valence-corrected chi connectivity index (χ3v) is 6.82. The highest BCUT2D eigenvalue weighted by Crippen LogP contribution is 2.36. The molecule has 0 N–H and O–H groups in total. The van der Waals surface area contributed by atoms with Crippen LogP contribution in [-0.4, -0.2) is 37.3 Å². The summed E-state index contributed by atoms with van der Waals surface area (Å²) in [6.45, 7) is 5.67. The minimum atomic E-state index is -0.828. The molecule has 0 saturated heterocycles. The monoisotopic (exact) mass is 536 g/mol. The third kappa shape index (κ3) is 5.40. The van der Waals surface area contributed by atoms with E-state index in [1.807, 2.05) is 31.2 Å². The van der Waals surface area contributed by atoms with Gasteiger partial charge in [-0.1, -0.05) is 36.5 Å². The second-order valence-electron chi connectivity index (χ2n) is 8.49. The summed E-state index contributed by atoms with van der Waals surface area (Å²) in [4.78, 5) is 43.1. The molecule has 0 saturated carbocycles. The van der Waals surface area contributed by atoms with Crippen LogP contribution in [0.4, 0.5) is 0 Å². The number of nitrogens with zero attached hydrogens (tertiary/aromatic N) is 2. The first-order valence-electron chi connectivity index (χ1n) is 12.0. The lowest BCUT2D eigenvalue weighted by Gasteiger charge is -2.25. The number of esters is 2. The molecule has 1 aliphatic heterocycles. The van der Waals surface area contributed by atoms with E-state index in [0.29, 0.717) is 27.2 Å². The van der Waals surface area contributed by atoms with Crippen molar-refractivity contribution in [2.45, 2.75) is 33.2 Å². The second-order valence-corrected chi connectivity index (χ2v) is 9.50. The summed E-state index contributed by atoms with van der Waals surface area (Å²) in [5.74, 6) is 0.165. The van der Waals surface area contributed by atoms with E-state index in [9.17, 15) is 14.4 Å². The molecule has 1 atom stereocenters. The van der Waals surface area contributed by atoms with Gasteiger partial charge in [0.15, 0.2) is 16.3 Å². The summed E-state index contributed by atoms with van der Waals surface area (Å²) < 4.78 is 23.3. The van der Waals surface area contributed by atoms with Gasteiger partial charge in [0.2, 0.25) is 0 Å². The number of carbonyl (C=O) groups is 2. The lowest BCUT2D eigenvalue weighted by atomic mass is 9.95. The maximum absolute atomic E-state index is 13.7. The van der Waals surface area contributed by atoms with Crippen LogP contribution in [0.15, 0.2) is 63.5 Å². The van der Waals surface area contributed by atoms with Gasteiger partial charge in [0.1, 0.15) is 5.75 Å². The first-order valence-corrected chi connectivity index (χ1v) is 12.8. The van der Waals surface area contributed by atoms with Crippen molar-refractivity contribution in [1.29, 1.82) is 0 Å². The summed E-state index contributed by atoms with van der Waals surface area (Å²) in [7, 11) is 2.72. The van der Waals surface area contributed by atoms with Gasteiger partial charge < -0.3 is 18.9 Å². The highest BCUT2D eigenvalue weighted by Gasteiger charge is 2.33. The average molecular weight is 537 g/mol. The summed E-state index contributed by atoms with van der Waals surface area (Å²) >= 11 is 1.23. The molecule has 38 heavy (non-hydrogen) atoms. The van der Waals surface area contributed by atoms with E-state index in [1.54, 1.807) is 31.2 Å². The first kappa shape index (κ1) is 26.9. The number of benzene rings is 2. The summed E-state index contributed by atoms with van der Waals surface area (Å²) in [5.41, 5.74) is 1.76. The molecule has 1 aromatic heterocycles. The quantitative estimate of drug-likeness (QED) is 0.322. The van der Waals surface area contributed by atoms with E-state index in [-0.39, 0.29) is 22.6 Å². The molecule has 9 nitrogen and oxygen atoms in total. The topological polar surface area (TPSA) is 105 Å². The summed E-state index contributed by atoms with van der Waals surface area (Å²) in [6, 6.07) is 11.5. The molecule has 0 fully saturated rings. The van der Waals surface area contributed by atoms with Crippen molar-refractivity contribution in [2.75, 3.05) is 20.8 Å². The normalized spacial score (nSPS) is 15.0. The van der Waals surface area contributed by atoms with Crippen LogP contribution in [0.3, 0.4) is 0 Å². The van der Waals surface area contributed by atoms with E-state index in [2.05, 4.69) is 4.99 Å². The molecule has 0 unspecified atom stereocenters. The molecule has 0 bridgehead atoms. The van der Waals surface area contributed by atoms with Crippen LogP contribution in [0.5, 0.6) is 17.2 Å². The molecule has 0 spiro atoms. The minimum absolute atomic E-state index is 0.225. The van der Waals surface area contributed by atoms with Gasteiger partial charge in [-0.25, -0.2) is 9.79 Å². The average Bonchev–Trinajstić information content (AvgIpc) is 3.21. The lowest BCUT2D eigenvalue weighted by Crippen LogP contribution is -2.39. The molecule has 2 heterocycles. The summed E-state index contributed by atoms with van der Waals surface area (Å²) in [6.07, 6.45) is 2.70. The highest BCUT2D eigenvalue weighted by molar-refractivity contribution is 7.07. The fourth-order valence-electron chi connectivity index (χ4n) is 4.13. The minimum Gasteiger partial charge on any atom is -0.494 e. The van der Waals surface area contributed by atoms with Gasteiger partial charge >= 0.3 is 11.9 Å². The Morgan fingerprint density at radius 2 is 1.84 bits per heavy atom. The highest BCUT2D eigenvalue weighted by atomic mass is 32.1. The Labute approximate surface area is 223 Å². The number of ether oxygens (including phenoxy) is 4. The number of rotatable bonds is 8. The first-order chi connectivity index (χ1) is 18.3. The van der Waals surface area contributed by atoms with Gasteiger partial charge in [-0.15, -0.1) is 0 Å². The number of aromatic nitrogens is 1. The van der Waals surface area contributed by atoms with E-state index in [0.717, 1.165) is 17.7 Å². The SMILES string of the molecule is CCCOc1ccc(/C=c2/sc3n(c2=O)[C@@H](c2ccc(OC(C)=O)c(OC)c2)C(C(=O)OC)=C(C)N=3)cc1. The van der Waals surface area contributed by atoms with Crippen LogP contribution in [0.2, 0.25) is 0 Å². The van der Waals surface area contributed by atoms with Crippen molar-refractivity contribution >= 4 is 29.4 Å². The van der Waals surface area contributed by atoms with Crippen molar-refractivity contribution in [3.63, 3.8) is 0 Å². The van der Waals surface area contributed by atoms with Gasteiger partial charge in [-0.2, -0.15) is 0 Å². The van der Waals surface area contributed by atoms with Gasteiger partial charge in [0, 0.05) is 6.92 Å². The molecular formula is C28H28N2O7S. The van der Waals surface area contributed by atoms with Gasteiger partial charge in [-0.3, -0.25) is 14.2 Å². The predicted molar refractivity (Wildman–Crippen MR) is 142 cm³/mol. The van der Waals surface area contributed by atoms with Gasteiger partial charge in [-0.05, 0) is 54.8 Å². The van der Waals surface area contributed by atoms with Crippen molar-refractivity contribution < 1.29 is 28.5 Å². The summed E-state index contributed by atoms with van der Waals surface area (Å²) in [5, 5.41) is 0. The molecule has 0 radical (unpaired) electrons. The van der Waals surface area contributed by atoms with Crippen LogP contribution < -0.4 is 29.1 Å². The smallest absolute Gasteiger partial charge is 0.338 e. The van der Waals surface area contributed by atoms with E-state index < -0.39 is 18.0 Å². The molecule has 0 amide bonds. The zero-order chi connectivity index (χ0) is 27.4.